The van der Waals surface area contributed by atoms with Crippen LogP contribution in [0.2, 0.25) is 0 Å². The summed E-state index contributed by atoms with van der Waals surface area (Å²) >= 11 is 0. The van der Waals surface area contributed by atoms with Crippen molar-refractivity contribution in [3.8, 4) is 0 Å². The molecule has 0 amide bonds. The van der Waals surface area contributed by atoms with Gasteiger partial charge in [0.1, 0.15) is 0 Å². The first-order valence-electron chi connectivity index (χ1n) is 2.49. The minimum Gasteiger partial charge on any atom is -0.393 e. The molecule has 0 aromatic heterocycles. The Morgan fingerprint density at radius 1 is 1.14 bits per heavy atom. The normalized spacial score (nSPS) is 18.9. The summed E-state index contributed by atoms with van der Waals surface area (Å²) < 4.78 is 0. The molecule has 0 rings (SSSR count). The van der Waals surface area contributed by atoms with Gasteiger partial charge in [0.25, 0.3) is 0 Å². The lowest BCUT2D eigenvalue weighted by atomic mass is 10.2. The molecule has 7 heavy (non-hydrogen) atoms. The van der Waals surface area contributed by atoms with Crippen molar-refractivity contribution in [1.82, 2.24) is 0 Å². The zero-order chi connectivity index (χ0) is 5.86. The largest absolute Gasteiger partial charge is 0.393 e. The van der Waals surface area contributed by atoms with Gasteiger partial charge in [-0.15, -0.1) is 0 Å². The molecule has 44 valence electrons. The van der Waals surface area contributed by atoms with Crippen LogP contribution in [-0.2, 0) is 0 Å². The summed E-state index contributed by atoms with van der Waals surface area (Å²) in [6.45, 7) is 3.32. The Kier molecular flexibility index (Phi) is 2.96. The molecule has 0 aliphatic rings. The number of hydrogen-bond acceptors (Lipinski definition) is 2. The predicted molar refractivity (Wildman–Crippen MR) is 28.0 cm³/mol. The highest BCUT2D eigenvalue weighted by atomic mass is 16.3. The second kappa shape index (κ2) is 2.99. The van der Waals surface area contributed by atoms with Crippen LogP contribution >= 0.6 is 0 Å². The van der Waals surface area contributed by atoms with Crippen LogP contribution in [0.3, 0.4) is 0 Å². The molecule has 0 aromatic rings. The summed E-state index contributed by atoms with van der Waals surface area (Å²) in [5, 5.41) is 17.1. The van der Waals surface area contributed by atoms with E-state index in [4.69, 9.17) is 10.2 Å². The van der Waals surface area contributed by atoms with Crippen LogP contribution in [0.1, 0.15) is 20.3 Å². The van der Waals surface area contributed by atoms with Crippen LogP contribution in [0, 0.1) is 0 Å². The van der Waals surface area contributed by atoms with Gasteiger partial charge < -0.3 is 10.2 Å². The Morgan fingerprint density at radius 3 is 1.43 bits per heavy atom. The van der Waals surface area contributed by atoms with Crippen molar-refractivity contribution in [2.45, 2.75) is 32.5 Å². The van der Waals surface area contributed by atoms with Crippen LogP contribution in [0.5, 0.6) is 0 Å². The lowest BCUT2D eigenvalue weighted by Crippen LogP contribution is -2.10. The second-order valence-electron chi connectivity index (χ2n) is 1.93. The average Bonchev–Trinajstić information content (AvgIpc) is 1.27. The summed E-state index contributed by atoms with van der Waals surface area (Å²) in [6.07, 6.45) is -0.278. The molecule has 2 atom stereocenters. The molecular weight excluding hydrogens is 92.1 g/mol. The maximum absolute atomic E-state index is 8.56. The molecule has 0 heterocycles. The number of hydrogen-bond donors (Lipinski definition) is 2. The van der Waals surface area contributed by atoms with Gasteiger partial charge in [-0.2, -0.15) is 0 Å². The van der Waals surface area contributed by atoms with Crippen molar-refractivity contribution in [3.05, 3.63) is 0 Å². The molecule has 0 aliphatic heterocycles. The molecule has 0 radical (unpaired) electrons. The Labute approximate surface area is 43.8 Å². The van der Waals surface area contributed by atoms with E-state index < -0.39 is 0 Å². The topological polar surface area (TPSA) is 40.5 Å². The molecule has 0 bridgehead atoms. The van der Waals surface area contributed by atoms with Crippen LogP contribution in [-0.4, -0.2) is 22.4 Å². The molecule has 0 spiro atoms. The summed E-state index contributed by atoms with van der Waals surface area (Å²) in [4.78, 5) is 0. The predicted octanol–water partition coefficient (Wildman–Crippen LogP) is 0.138. The monoisotopic (exact) mass is 104 g/mol. The number of aliphatic hydroxyl groups excluding tert-OH is 2. The molecule has 0 aromatic carbocycles. The lowest BCUT2D eigenvalue weighted by molar-refractivity contribution is 0.102. The van der Waals surface area contributed by atoms with E-state index in [1.165, 1.54) is 0 Å². The highest BCUT2D eigenvalue weighted by molar-refractivity contribution is 4.51. The second-order valence-corrected chi connectivity index (χ2v) is 1.93. The van der Waals surface area contributed by atoms with Gasteiger partial charge in [-0.3, -0.25) is 0 Å². The van der Waals surface area contributed by atoms with Crippen LogP contribution in [0.15, 0.2) is 0 Å². The van der Waals surface area contributed by atoms with E-state index in [-0.39, 0.29) is 12.2 Å². The number of aliphatic hydroxyl groups is 2. The Morgan fingerprint density at radius 2 is 1.43 bits per heavy atom. The van der Waals surface area contributed by atoms with E-state index in [1.807, 2.05) is 0 Å². The molecule has 2 heteroatoms. The van der Waals surface area contributed by atoms with E-state index in [0.29, 0.717) is 6.42 Å². The quantitative estimate of drug-likeness (QED) is 0.523. The van der Waals surface area contributed by atoms with Gasteiger partial charge in [0.05, 0.1) is 12.2 Å². The van der Waals surface area contributed by atoms with E-state index in [1.54, 1.807) is 13.8 Å². The first-order chi connectivity index (χ1) is 3.13. The fourth-order valence-corrected chi connectivity index (χ4v) is 0.494. The molecule has 0 aliphatic carbocycles. The zero-order valence-corrected chi connectivity index (χ0v) is 4.76. The molecule has 0 unspecified atom stereocenters. The van der Waals surface area contributed by atoms with Crippen molar-refractivity contribution in [2.75, 3.05) is 0 Å². The van der Waals surface area contributed by atoms with Gasteiger partial charge in [0.15, 0.2) is 0 Å². The highest BCUT2D eigenvalue weighted by Gasteiger charge is 1.98. The summed E-state index contributed by atoms with van der Waals surface area (Å²) in [6, 6.07) is 0. The van der Waals surface area contributed by atoms with E-state index >= 15 is 0 Å². The van der Waals surface area contributed by atoms with E-state index in [2.05, 4.69) is 0 Å². The first-order valence-corrected chi connectivity index (χ1v) is 2.49. The minimum atomic E-state index is -0.375. The molecule has 2 nitrogen and oxygen atoms in total. The summed E-state index contributed by atoms with van der Waals surface area (Å²) in [5.41, 5.74) is 0. The smallest absolute Gasteiger partial charge is 0.0536 e. The Hall–Kier alpha value is -0.0800. The van der Waals surface area contributed by atoms with Gasteiger partial charge in [0.2, 0.25) is 0 Å². The third kappa shape index (κ3) is 5.92. The standard InChI is InChI=1S/C5H12O2/c1-4(6)3-5(2)7/h4-7H,3H2,1-2H3/t4-,5+. The van der Waals surface area contributed by atoms with Crippen LogP contribution < -0.4 is 0 Å². The van der Waals surface area contributed by atoms with Crippen molar-refractivity contribution >= 4 is 0 Å². The maximum atomic E-state index is 8.56. The van der Waals surface area contributed by atoms with E-state index in [9.17, 15) is 0 Å². The van der Waals surface area contributed by atoms with Gasteiger partial charge >= 0.3 is 0 Å². The van der Waals surface area contributed by atoms with Crippen molar-refractivity contribution in [3.63, 3.8) is 0 Å². The van der Waals surface area contributed by atoms with Crippen molar-refractivity contribution < 1.29 is 10.2 Å². The van der Waals surface area contributed by atoms with Crippen LogP contribution in [0.25, 0.3) is 0 Å². The fourth-order valence-electron chi connectivity index (χ4n) is 0.494. The van der Waals surface area contributed by atoms with Gasteiger partial charge in [-0.1, -0.05) is 0 Å². The SMILES string of the molecule is C[C@H](O)C[C@@H](C)O. The summed E-state index contributed by atoms with van der Waals surface area (Å²) in [7, 11) is 0. The minimum absolute atomic E-state index is 0.375. The number of rotatable bonds is 2. The van der Waals surface area contributed by atoms with Gasteiger partial charge in [-0.05, 0) is 20.3 Å². The summed E-state index contributed by atoms with van der Waals surface area (Å²) in [5.74, 6) is 0. The average molecular weight is 104 g/mol. The molecule has 0 saturated carbocycles. The van der Waals surface area contributed by atoms with E-state index in [0.717, 1.165) is 0 Å². The van der Waals surface area contributed by atoms with Crippen LogP contribution in [0.4, 0.5) is 0 Å². The highest BCUT2D eigenvalue weighted by Crippen LogP contribution is 1.93. The van der Waals surface area contributed by atoms with Gasteiger partial charge in [0, 0.05) is 0 Å². The first kappa shape index (κ1) is 6.92. The molecule has 2 N–H and O–H groups in total. The zero-order valence-electron chi connectivity index (χ0n) is 4.76. The molecular formula is C5H12O2. The Bertz CT molecular complexity index is 35.3. The molecule has 0 fully saturated rings. The third-order valence-electron chi connectivity index (χ3n) is 0.682. The fraction of sp³-hybridized carbons (Fsp3) is 1.00. The third-order valence-corrected chi connectivity index (χ3v) is 0.682. The Balaban J connectivity index is 2.95. The lowest BCUT2D eigenvalue weighted by Gasteiger charge is -2.04. The van der Waals surface area contributed by atoms with Crippen molar-refractivity contribution in [1.29, 1.82) is 0 Å². The van der Waals surface area contributed by atoms with Gasteiger partial charge in [-0.25, -0.2) is 0 Å². The molecule has 0 saturated heterocycles. The maximum Gasteiger partial charge on any atom is 0.0536 e. The van der Waals surface area contributed by atoms with Crippen molar-refractivity contribution in [2.24, 2.45) is 0 Å².